The van der Waals surface area contributed by atoms with E-state index in [1.165, 1.54) is 4.52 Å². The molecule has 3 heterocycles. The van der Waals surface area contributed by atoms with Crippen molar-refractivity contribution < 1.29 is 9.47 Å². The Hall–Kier alpha value is -3.39. The number of H-pyrrole nitrogens is 1. The van der Waals surface area contributed by atoms with Crippen molar-refractivity contribution in [3.8, 4) is 16.9 Å². The summed E-state index contributed by atoms with van der Waals surface area (Å²) in [4.78, 5) is 17.8. The first-order chi connectivity index (χ1) is 14.5. The highest BCUT2D eigenvalue weighted by Crippen LogP contribution is 2.30. The molecule has 8 heteroatoms. The number of nitrogens with zero attached hydrogens (tertiary/aromatic N) is 4. The minimum atomic E-state index is -0.156. The van der Waals surface area contributed by atoms with Crippen LogP contribution in [0.5, 0.6) is 5.75 Å². The van der Waals surface area contributed by atoms with Gasteiger partial charge in [-0.2, -0.15) is 5.10 Å². The van der Waals surface area contributed by atoms with Crippen molar-refractivity contribution >= 4 is 5.65 Å². The first-order valence-corrected chi connectivity index (χ1v) is 9.78. The minimum Gasteiger partial charge on any atom is -0.497 e. The lowest BCUT2D eigenvalue weighted by molar-refractivity contribution is 0.181. The number of aryl methyl sites for hydroxylation is 1. The van der Waals surface area contributed by atoms with Gasteiger partial charge in [0.2, 0.25) is 0 Å². The van der Waals surface area contributed by atoms with Gasteiger partial charge in [-0.3, -0.25) is 14.6 Å². The van der Waals surface area contributed by atoms with E-state index in [4.69, 9.17) is 14.5 Å². The molecule has 1 N–H and O–H groups in total. The van der Waals surface area contributed by atoms with Gasteiger partial charge in [-0.15, -0.1) is 0 Å². The van der Waals surface area contributed by atoms with Crippen LogP contribution in [-0.4, -0.2) is 38.6 Å². The number of methoxy groups -OCH3 is 2. The molecule has 0 saturated heterocycles. The Morgan fingerprint density at radius 1 is 1.17 bits per heavy atom. The summed E-state index contributed by atoms with van der Waals surface area (Å²) in [5.74, 6) is 0.784. The molecule has 0 amide bonds. The highest BCUT2D eigenvalue weighted by atomic mass is 16.5. The first kappa shape index (κ1) is 19.9. The lowest BCUT2D eigenvalue weighted by atomic mass is 10.0. The Morgan fingerprint density at radius 3 is 2.57 bits per heavy atom. The highest BCUT2D eigenvalue weighted by Gasteiger charge is 2.19. The van der Waals surface area contributed by atoms with Crippen molar-refractivity contribution in [2.24, 2.45) is 0 Å². The molecule has 0 radical (unpaired) electrons. The molecule has 0 fully saturated rings. The van der Waals surface area contributed by atoms with Gasteiger partial charge >= 0.3 is 0 Å². The van der Waals surface area contributed by atoms with Gasteiger partial charge < -0.3 is 9.47 Å². The third-order valence-corrected chi connectivity index (χ3v) is 5.26. The monoisotopic (exact) mass is 407 g/mol. The predicted octanol–water partition coefficient (Wildman–Crippen LogP) is 3.15. The number of ether oxygens (including phenoxy) is 2. The zero-order chi connectivity index (χ0) is 21.3. The zero-order valence-corrected chi connectivity index (χ0v) is 17.5. The number of fused-ring (bicyclic) bond motifs is 1. The average molecular weight is 407 g/mol. The van der Waals surface area contributed by atoms with Crippen molar-refractivity contribution in [3.05, 3.63) is 70.0 Å². The molecular formula is C22H25N5O3. The van der Waals surface area contributed by atoms with Crippen LogP contribution in [-0.2, 0) is 17.9 Å². The Morgan fingerprint density at radius 2 is 1.93 bits per heavy atom. The van der Waals surface area contributed by atoms with Gasteiger partial charge in [-0.25, -0.2) is 9.50 Å². The molecule has 0 saturated carbocycles. The van der Waals surface area contributed by atoms with E-state index in [1.807, 2.05) is 41.9 Å². The summed E-state index contributed by atoms with van der Waals surface area (Å²) in [6.45, 7) is 5.04. The van der Waals surface area contributed by atoms with Crippen LogP contribution in [0.25, 0.3) is 16.8 Å². The van der Waals surface area contributed by atoms with Crippen LogP contribution in [0.3, 0.4) is 0 Å². The van der Waals surface area contributed by atoms with Crippen LogP contribution in [0.15, 0.2) is 47.4 Å². The molecule has 1 atom stereocenters. The number of aromatic nitrogens is 5. The number of hydrogen-bond acceptors (Lipinski definition) is 5. The van der Waals surface area contributed by atoms with Gasteiger partial charge in [0.05, 0.1) is 25.1 Å². The van der Waals surface area contributed by atoms with Crippen molar-refractivity contribution in [2.75, 3.05) is 14.2 Å². The Balaban J connectivity index is 1.83. The largest absolute Gasteiger partial charge is 0.497 e. The summed E-state index contributed by atoms with van der Waals surface area (Å²) in [7, 11) is 3.26. The van der Waals surface area contributed by atoms with E-state index in [2.05, 4.69) is 17.1 Å². The van der Waals surface area contributed by atoms with E-state index in [0.29, 0.717) is 18.8 Å². The Labute approximate surface area is 174 Å². The molecule has 8 nitrogen and oxygen atoms in total. The summed E-state index contributed by atoms with van der Waals surface area (Å²) < 4.78 is 14.0. The first-order valence-electron chi connectivity index (χ1n) is 9.78. The molecule has 30 heavy (non-hydrogen) atoms. The van der Waals surface area contributed by atoms with Gasteiger partial charge in [0.25, 0.3) is 5.56 Å². The number of hydrogen-bond donors (Lipinski definition) is 1. The Bertz CT molecular complexity index is 1220. The van der Waals surface area contributed by atoms with Gasteiger partial charge in [0.15, 0.2) is 5.65 Å². The predicted molar refractivity (Wildman–Crippen MR) is 114 cm³/mol. The number of nitrogens with one attached hydrogen (secondary N) is 1. The quantitative estimate of drug-likeness (QED) is 0.509. The molecule has 4 rings (SSSR count). The maximum absolute atomic E-state index is 12.9. The maximum atomic E-state index is 12.9. The van der Waals surface area contributed by atoms with E-state index in [-0.39, 0.29) is 11.5 Å². The third-order valence-electron chi connectivity index (χ3n) is 5.26. The van der Waals surface area contributed by atoms with E-state index < -0.39 is 0 Å². The molecule has 0 aliphatic rings. The second-order valence-electron chi connectivity index (χ2n) is 7.36. The third kappa shape index (κ3) is 3.61. The summed E-state index contributed by atoms with van der Waals surface area (Å²) in [5.41, 5.74) is 4.80. The minimum absolute atomic E-state index is 0.0193. The van der Waals surface area contributed by atoms with Gasteiger partial charge in [-0.05, 0) is 30.7 Å². The summed E-state index contributed by atoms with van der Waals surface area (Å²) in [6.07, 6.45) is 1.78. The molecular weight excluding hydrogens is 382 g/mol. The SMILES string of the molecule is COCc1[nH]n2c(=O)cc(C(C)Cn3nccc3C)nc2c1-c1ccc(OC)cc1. The van der Waals surface area contributed by atoms with E-state index in [9.17, 15) is 4.79 Å². The second-order valence-corrected chi connectivity index (χ2v) is 7.36. The lowest BCUT2D eigenvalue weighted by Crippen LogP contribution is -2.18. The van der Waals surface area contributed by atoms with Crippen molar-refractivity contribution in [2.45, 2.75) is 32.9 Å². The lowest BCUT2D eigenvalue weighted by Gasteiger charge is -2.13. The van der Waals surface area contributed by atoms with Gasteiger partial charge in [0, 0.05) is 43.1 Å². The number of benzene rings is 1. The standard InChI is InChI=1S/C22H25N5O3/c1-14(12-26-15(2)9-10-23-26)18-11-20(28)27-22(24-18)21(19(25-27)13-29-3)16-5-7-17(30-4)8-6-16/h5-11,14,25H,12-13H2,1-4H3. The number of aromatic amines is 1. The van der Waals surface area contributed by atoms with Crippen LogP contribution in [0, 0.1) is 6.92 Å². The molecule has 1 aromatic carbocycles. The van der Waals surface area contributed by atoms with Crippen LogP contribution in [0.2, 0.25) is 0 Å². The van der Waals surface area contributed by atoms with Gasteiger partial charge in [-0.1, -0.05) is 19.1 Å². The van der Waals surface area contributed by atoms with E-state index in [1.54, 1.807) is 26.5 Å². The molecule has 156 valence electrons. The Kier molecular flexibility index (Phi) is 5.41. The summed E-state index contributed by atoms with van der Waals surface area (Å²) in [6, 6.07) is 11.2. The topological polar surface area (TPSA) is 86.4 Å². The van der Waals surface area contributed by atoms with Crippen molar-refractivity contribution in [1.29, 1.82) is 0 Å². The fourth-order valence-electron chi connectivity index (χ4n) is 3.61. The average Bonchev–Trinajstić information content (AvgIpc) is 3.32. The fourth-order valence-corrected chi connectivity index (χ4v) is 3.61. The van der Waals surface area contributed by atoms with E-state index >= 15 is 0 Å². The van der Waals surface area contributed by atoms with Crippen molar-refractivity contribution in [1.82, 2.24) is 24.4 Å². The molecule has 1 unspecified atom stereocenters. The molecule has 3 aromatic heterocycles. The molecule has 0 aliphatic carbocycles. The second kappa shape index (κ2) is 8.16. The normalized spacial score (nSPS) is 12.4. The molecule has 0 aliphatic heterocycles. The zero-order valence-electron chi connectivity index (χ0n) is 17.5. The molecule has 0 spiro atoms. The fraction of sp³-hybridized carbons (Fsp3) is 0.318. The summed E-state index contributed by atoms with van der Waals surface area (Å²) in [5, 5.41) is 7.50. The van der Waals surface area contributed by atoms with Crippen molar-refractivity contribution in [3.63, 3.8) is 0 Å². The van der Waals surface area contributed by atoms with Gasteiger partial charge in [0.1, 0.15) is 5.75 Å². The highest BCUT2D eigenvalue weighted by molar-refractivity contribution is 5.80. The number of rotatable bonds is 7. The van der Waals surface area contributed by atoms with Crippen LogP contribution < -0.4 is 10.3 Å². The summed E-state index contributed by atoms with van der Waals surface area (Å²) >= 11 is 0. The smallest absolute Gasteiger partial charge is 0.272 e. The molecule has 4 aromatic rings. The molecule has 0 bridgehead atoms. The van der Waals surface area contributed by atoms with Crippen LogP contribution in [0.1, 0.15) is 29.9 Å². The van der Waals surface area contributed by atoms with Crippen LogP contribution in [0.4, 0.5) is 0 Å². The van der Waals surface area contributed by atoms with E-state index in [0.717, 1.165) is 34.0 Å². The maximum Gasteiger partial charge on any atom is 0.272 e. The van der Waals surface area contributed by atoms with Crippen LogP contribution >= 0.6 is 0 Å².